The van der Waals surface area contributed by atoms with Gasteiger partial charge >= 0.3 is 0 Å². The number of benzene rings is 1. The molecule has 3 heterocycles. The highest BCUT2D eigenvalue weighted by Gasteiger charge is 2.14. The van der Waals surface area contributed by atoms with Gasteiger partial charge in [-0.05, 0) is 36.4 Å². The monoisotopic (exact) mass is 323 g/mol. The summed E-state index contributed by atoms with van der Waals surface area (Å²) in [6, 6.07) is 10.9. The van der Waals surface area contributed by atoms with Crippen LogP contribution in [0.2, 0.25) is 0 Å². The van der Waals surface area contributed by atoms with E-state index >= 15 is 0 Å². The highest BCUT2D eigenvalue weighted by atomic mass is 32.1. The standard InChI is InChI=1S/C17H13N3O2S/c1-22-13-6-8-19-16-14(13)12-7-9-20(17(21)15(12)23-16)11-4-2-10(18)3-5-11/h2-9H,18H2,1H3. The minimum absolute atomic E-state index is 0.0719. The van der Waals surface area contributed by atoms with Crippen LogP contribution in [0.25, 0.3) is 26.0 Å². The van der Waals surface area contributed by atoms with E-state index in [0.717, 1.165) is 27.0 Å². The van der Waals surface area contributed by atoms with Gasteiger partial charge in [-0.3, -0.25) is 9.36 Å². The van der Waals surface area contributed by atoms with Gasteiger partial charge in [0.15, 0.2) is 0 Å². The Morgan fingerprint density at radius 2 is 1.96 bits per heavy atom. The van der Waals surface area contributed by atoms with E-state index in [0.29, 0.717) is 10.4 Å². The smallest absolute Gasteiger partial charge is 0.273 e. The van der Waals surface area contributed by atoms with Crippen molar-refractivity contribution in [3.05, 3.63) is 59.1 Å². The molecule has 1 aromatic carbocycles. The maximum absolute atomic E-state index is 12.9. The normalized spacial score (nSPS) is 11.2. The third-order valence-corrected chi connectivity index (χ3v) is 4.89. The van der Waals surface area contributed by atoms with Crippen molar-refractivity contribution in [3.8, 4) is 11.4 Å². The van der Waals surface area contributed by atoms with Crippen LogP contribution in [0.1, 0.15) is 0 Å². The second kappa shape index (κ2) is 5.10. The fraction of sp³-hybridized carbons (Fsp3) is 0.0588. The maximum Gasteiger partial charge on any atom is 0.273 e. The van der Waals surface area contributed by atoms with Gasteiger partial charge in [-0.1, -0.05) is 0 Å². The molecule has 0 saturated heterocycles. The minimum Gasteiger partial charge on any atom is -0.496 e. The predicted octanol–water partition coefficient (Wildman–Crippen LogP) is 3.19. The van der Waals surface area contributed by atoms with Crippen molar-refractivity contribution in [2.75, 3.05) is 12.8 Å². The zero-order valence-electron chi connectivity index (χ0n) is 12.3. The molecule has 0 bridgehead atoms. The van der Waals surface area contributed by atoms with Crippen LogP contribution in [0.4, 0.5) is 5.69 Å². The Labute approximate surface area is 135 Å². The molecule has 114 valence electrons. The van der Waals surface area contributed by atoms with E-state index in [1.54, 1.807) is 42.3 Å². The zero-order valence-corrected chi connectivity index (χ0v) is 13.1. The van der Waals surface area contributed by atoms with Crippen LogP contribution in [0.15, 0.2) is 53.6 Å². The van der Waals surface area contributed by atoms with Gasteiger partial charge in [0.2, 0.25) is 0 Å². The number of hydrogen-bond acceptors (Lipinski definition) is 5. The summed E-state index contributed by atoms with van der Waals surface area (Å²) in [5.74, 6) is 0.728. The van der Waals surface area contributed by atoms with E-state index in [2.05, 4.69) is 4.98 Å². The minimum atomic E-state index is -0.0719. The van der Waals surface area contributed by atoms with Gasteiger partial charge in [-0.15, -0.1) is 11.3 Å². The van der Waals surface area contributed by atoms with Crippen molar-refractivity contribution in [1.29, 1.82) is 0 Å². The van der Waals surface area contributed by atoms with E-state index < -0.39 is 0 Å². The lowest BCUT2D eigenvalue weighted by Gasteiger charge is -2.06. The lowest BCUT2D eigenvalue weighted by atomic mass is 10.2. The van der Waals surface area contributed by atoms with Crippen LogP contribution in [-0.4, -0.2) is 16.7 Å². The molecule has 4 rings (SSSR count). The first kappa shape index (κ1) is 13.8. The lowest BCUT2D eigenvalue weighted by molar-refractivity contribution is 0.420. The number of nitrogen functional groups attached to an aromatic ring is 1. The fourth-order valence-corrected chi connectivity index (χ4v) is 3.75. The summed E-state index contributed by atoms with van der Waals surface area (Å²) in [7, 11) is 1.62. The first-order valence-corrected chi connectivity index (χ1v) is 7.83. The molecule has 4 aromatic rings. The first-order valence-electron chi connectivity index (χ1n) is 7.02. The van der Waals surface area contributed by atoms with Crippen molar-refractivity contribution in [2.45, 2.75) is 0 Å². The van der Waals surface area contributed by atoms with Gasteiger partial charge < -0.3 is 10.5 Å². The van der Waals surface area contributed by atoms with Gasteiger partial charge in [0, 0.05) is 29.2 Å². The van der Waals surface area contributed by atoms with E-state index in [-0.39, 0.29) is 5.56 Å². The summed E-state index contributed by atoms with van der Waals surface area (Å²) in [6.45, 7) is 0. The van der Waals surface area contributed by atoms with Crippen LogP contribution < -0.4 is 16.0 Å². The Morgan fingerprint density at radius 3 is 2.70 bits per heavy atom. The average molecular weight is 323 g/mol. The molecular weight excluding hydrogens is 310 g/mol. The second-order valence-corrected chi connectivity index (χ2v) is 6.12. The molecule has 23 heavy (non-hydrogen) atoms. The molecule has 0 spiro atoms. The van der Waals surface area contributed by atoms with Crippen LogP contribution >= 0.6 is 11.3 Å². The highest BCUT2D eigenvalue weighted by molar-refractivity contribution is 7.25. The van der Waals surface area contributed by atoms with Gasteiger partial charge in [-0.2, -0.15) is 0 Å². The van der Waals surface area contributed by atoms with Crippen LogP contribution in [0, 0.1) is 0 Å². The Balaban J connectivity index is 2.04. The zero-order chi connectivity index (χ0) is 16.0. The van der Waals surface area contributed by atoms with Crippen molar-refractivity contribution < 1.29 is 4.74 Å². The number of aromatic nitrogens is 2. The van der Waals surface area contributed by atoms with Crippen LogP contribution in [-0.2, 0) is 0 Å². The van der Waals surface area contributed by atoms with E-state index in [1.165, 1.54) is 11.3 Å². The fourth-order valence-electron chi connectivity index (χ4n) is 2.67. The number of hydrogen-bond donors (Lipinski definition) is 1. The predicted molar refractivity (Wildman–Crippen MR) is 93.7 cm³/mol. The van der Waals surface area contributed by atoms with Crippen molar-refractivity contribution in [1.82, 2.24) is 9.55 Å². The number of rotatable bonds is 2. The molecule has 0 unspecified atom stereocenters. The molecular formula is C17H13N3O2S. The Kier molecular flexibility index (Phi) is 3.06. The lowest BCUT2D eigenvalue weighted by Crippen LogP contribution is -2.16. The number of ether oxygens (including phenoxy) is 1. The molecule has 0 amide bonds. The summed E-state index contributed by atoms with van der Waals surface area (Å²) < 4.78 is 7.68. The van der Waals surface area contributed by atoms with Gasteiger partial charge in [-0.25, -0.2) is 4.98 Å². The molecule has 6 heteroatoms. The van der Waals surface area contributed by atoms with Crippen molar-refractivity contribution in [2.24, 2.45) is 0 Å². The number of nitrogens with zero attached hydrogens (tertiary/aromatic N) is 2. The maximum atomic E-state index is 12.9. The van der Waals surface area contributed by atoms with Crippen molar-refractivity contribution >= 4 is 37.3 Å². The van der Waals surface area contributed by atoms with E-state index in [1.807, 2.05) is 18.2 Å². The van der Waals surface area contributed by atoms with Crippen LogP contribution in [0.3, 0.4) is 0 Å². The topological polar surface area (TPSA) is 70.1 Å². The Hall–Kier alpha value is -2.86. The number of pyridine rings is 2. The summed E-state index contributed by atoms with van der Waals surface area (Å²) in [6.07, 6.45) is 3.46. The van der Waals surface area contributed by atoms with Gasteiger partial charge in [0.25, 0.3) is 5.56 Å². The Morgan fingerprint density at radius 1 is 1.17 bits per heavy atom. The molecule has 2 N–H and O–H groups in total. The van der Waals surface area contributed by atoms with Crippen LogP contribution in [0.5, 0.6) is 5.75 Å². The third-order valence-electron chi connectivity index (χ3n) is 3.79. The average Bonchev–Trinajstić information content (AvgIpc) is 2.96. The third kappa shape index (κ3) is 2.07. The van der Waals surface area contributed by atoms with Crippen molar-refractivity contribution in [3.63, 3.8) is 0 Å². The van der Waals surface area contributed by atoms with E-state index in [9.17, 15) is 4.79 Å². The molecule has 5 nitrogen and oxygen atoms in total. The molecule has 0 aliphatic rings. The quantitative estimate of drug-likeness (QED) is 0.575. The summed E-state index contributed by atoms with van der Waals surface area (Å²) >= 11 is 1.38. The molecule has 0 aliphatic carbocycles. The van der Waals surface area contributed by atoms with Gasteiger partial charge in [0.1, 0.15) is 15.3 Å². The number of fused-ring (bicyclic) bond motifs is 3. The molecule has 0 radical (unpaired) electrons. The highest BCUT2D eigenvalue weighted by Crippen LogP contribution is 2.36. The molecule has 0 aliphatic heterocycles. The number of methoxy groups -OCH3 is 1. The molecule has 3 aromatic heterocycles. The number of nitrogens with two attached hydrogens (primary N) is 1. The Bertz CT molecular complexity index is 1080. The SMILES string of the molecule is COc1ccnc2sc3c(=O)n(-c4ccc(N)cc4)ccc3c12. The largest absolute Gasteiger partial charge is 0.496 e. The number of thiophene rings is 1. The molecule has 0 fully saturated rings. The summed E-state index contributed by atoms with van der Waals surface area (Å²) in [5.41, 5.74) is 7.08. The first-order chi connectivity index (χ1) is 11.2. The molecule has 0 saturated carbocycles. The second-order valence-electron chi connectivity index (χ2n) is 5.12. The van der Waals surface area contributed by atoms with Gasteiger partial charge in [0.05, 0.1) is 12.5 Å². The van der Waals surface area contributed by atoms with E-state index in [4.69, 9.17) is 10.5 Å². The summed E-state index contributed by atoms with van der Waals surface area (Å²) in [4.78, 5) is 18.0. The summed E-state index contributed by atoms with van der Waals surface area (Å²) in [5, 5.41) is 1.75. The number of anilines is 1. The molecule has 0 atom stereocenters.